The number of aromatic nitrogens is 2. The van der Waals surface area contributed by atoms with Gasteiger partial charge in [0, 0.05) is 11.1 Å². The monoisotopic (exact) mass is 374 g/mol. The molecule has 29 heavy (non-hydrogen) atoms. The Balaban J connectivity index is 1.58. The van der Waals surface area contributed by atoms with Crippen LogP contribution in [0.5, 0.6) is 11.5 Å². The first-order valence-corrected chi connectivity index (χ1v) is 9.52. The van der Waals surface area contributed by atoms with Crippen LogP contribution in [-0.4, -0.2) is 9.97 Å². The molecule has 0 aliphatic heterocycles. The summed E-state index contributed by atoms with van der Waals surface area (Å²) in [5.74, 6) is 1.60. The second-order valence-corrected chi connectivity index (χ2v) is 6.72. The van der Waals surface area contributed by atoms with E-state index in [1.54, 1.807) is 0 Å². The number of rotatable bonds is 4. The Morgan fingerprint density at radius 1 is 0.414 bits per heavy atom. The summed E-state index contributed by atoms with van der Waals surface area (Å²) in [4.78, 5) is 9.85. The molecule has 3 heteroatoms. The lowest BCUT2D eigenvalue weighted by Gasteiger charge is -2.11. The molecule has 0 fully saturated rings. The summed E-state index contributed by atoms with van der Waals surface area (Å²) in [5, 5.41) is 0. The molecule has 0 aliphatic carbocycles. The summed E-state index contributed by atoms with van der Waals surface area (Å²) in [6.45, 7) is 0. The zero-order valence-electron chi connectivity index (χ0n) is 15.7. The van der Waals surface area contributed by atoms with E-state index in [2.05, 4.69) is 12.1 Å². The molecule has 4 aromatic carbocycles. The first-order valence-electron chi connectivity index (χ1n) is 9.52. The molecule has 0 amide bonds. The summed E-state index contributed by atoms with van der Waals surface area (Å²) in [6.07, 6.45) is 0. The highest BCUT2D eigenvalue weighted by atomic mass is 16.5. The number of fused-ring (bicyclic) bond motifs is 1. The lowest BCUT2D eigenvalue weighted by Crippen LogP contribution is -1.95. The van der Waals surface area contributed by atoms with Crippen molar-refractivity contribution in [3.63, 3.8) is 0 Å². The van der Waals surface area contributed by atoms with Crippen molar-refractivity contribution in [2.45, 2.75) is 0 Å². The average molecular weight is 374 g/mol. The van der Waals surface area contributed by atoms with Gasteiger partial charge in [-0.3, -0.25) is 0 Å². The maximum atomic E-state index is 5.92. The van der Waals surface area contributed by atoms with Crippen LogP contribution in [0.2, 0.25) is 0 Å². The molecule has 0 N–H and O–H groups in total. The zero-order chi connectivity index (χ0) is 19.5. The molecule has 0 saturated heterocycles. The van der Waals surface area contributed by atoms with Crippen LogP contribution in [0.1, 0.15) is 0 Å². The van der Waals surface area contributed by atoms with Crippen LogP contribution in [0.25, 0.3) is 33.5 Å². The molecular formula is C26H18N2O. The number of hydrogen-bond acceptors (Lipinski definition) is 3. The van der Waals surface area contributed by atoms with E-state index in [4.69, 9.17) is 14.7 Å². The minimum atomic E-state index is 0.787. The largest absolute Gasteiger partial charge is 0.457 e. The zero-order valence-corrected chi connectivity index (χ0v) is 15.7. The van der Waals surface area contributed by atoms with Crippen molar-refractivity contribution in [2.24, 2.45) is 0 Å². The number of hydrogen-bond donors (Lipinski definition) is 0. The van der Waals surface area contributed by atoms with Crippen molar-refractivity contribution in [1.29, 1.82) is 0 Å². The van der Waals surface area contributed by atoms with Crippen LogP contribution in [0, 0.1) is 0 Å². The fraction of sp³-hybridized carbons (Fsp3) is 0. The van der Waals surface area contributed by atoms with E-state index in [0.717, 1.165) is 45.0 Å². The third kappa shape index (κ3) is 3.58. The lowest BCUT2D eigenvalue weighted by atomic mass is 10.0. The van der Waals surface area contributed by atoms with Gasteiger partial charge in [0.15, 0.2) is 0 Å². The fourth-order valence-electron chi connectivity index (χ4n) is 3.30. The summed E-state index contributed by atoms with van der Waals surface area (Å²) in [5.41, 5.74) is 5.56. The highest BCUT2D eigenvalue weighted by Gasteiger charge is 2.13. The molecule has 1 heterocycles. The van der Waals surface area contributed by atoms with Gasteiger partial charge in [-0.2, -0.15) is 0 Å². The Kier molecular flexibility index (Phi) is 4.47. The Labute approximate surface area is 169 Å². The van der Waals surface area contributed by atoms with Gasteiger partial charge in [0.2, 0.25) is 0 Å². The Bertz CT molecular complexity index is 1250. The van der Waals surface area contributed by atoms with Crippen LogP contribution in [0.4, 0.5) is 0 Å². The number of para-hydroxylation sites is 3. The minimum absolute atomic E-state index is 0.787. The molecule has 0 atom stereocenters. The summed E-state index contributed by atoms with van der Waals surface area (Å²) >= 11 is 0. The molecule has 3 nitrogen and oxygen atoms in total. The van der Waals surface area contributed by atoms with Gasteiger partial charge in [0.1, 0.15) is 11.5 Å². The standard InChI is InChI=1S/C26H18N2O/c1-3-9-19(10-4-1)25-26(28-24-14-8-7-13-23(24)27-25)20-15-17-22(18-16-20)29-21-11-5-2-6-12-21/h1-18H. The van der Waals surface area contributed by atoms with E-state index < -0.39 is 0 Å². The molecule has 0 radical (unpaired) electrons. The van der Waals surface area contributed by atoms with Gasteiger partial charge in [0.05, 0.1) is 22.4 Å². The molecule has 0 saturated carbocycles. The highest BCUT2D eigenvalue weighted by Crippen LogP contribution is 2.32. The molecule has 1 aromatic heterocycles. The number of ether oxygens (including phenoxy) is 1. The lowest BCUT2D eigenvalue weighted by molar-refractivity contribution is 0.483. The predicted octanol–water partition coefficient (Wildman–Crippen LogP) is 6.76. The SMILES string of the molecule is c1ccc(Oc2ccc(-c3nc4ccccc4nc3-c3ccccc3)cc2)cc1. The average Bonchev–Trinajstić information content (AvgIpc) is 2.80. The van der Waals surface area contributed by atoms with Gasteiger partial charge in [0.25, 0.3) is 0 Å². The van der Waals surface area contributed by atoms with E-state index in [9.17, 15) is 0 Å². The van der Waals surface area contributed by atoms with Crippen LogP contribution in [-0.2, 0) is 0 Å². The topological polar surface area (TPSA) is 35.0 Å². The molecule has 0 bridgehead atoms. The van der Waals surface area contributed by atoms with E-state index in [-0.39, 0.29) is 0 Å². The normalized spacial score (nSPS) is 10.8. The van der Waals surface area contributed by atoms with E-state index in [1.807, 2.05) is 97.1 Å². The third-order valence-corrected chi connectivity index (χ3v) is 4.72. The van der Waals surface area contributed by atoms with Crippen molar-refractivity contribution in [2.75, 3.05) is 0 Å². The predicted molar refractivity (Wildman–Crippen MR) is 117 cm³/mol. The summed E-state index contributed by atoms with van der Waals surface area (Å²) in [7, 11) is 0. The minimum Gasteiger partial charge on any atom is -0.457 e. The van der Waals surface area contributed by atoms with Crippen molar-refractivity contribution < 1.29 is 4.74 Å². The van der Waals surface area contributed by atoms with Crippen molar-refractivity contribution in [1.82, 2.24) is 9.97 Å². The van der Waals surface area contributed by atoms with Gasteiger partial charge < -0.3 is 4.74 Å². The maximum absolute atomic E-state index is 5.92. The highest BCUT2D eigenvalue weighted by molar-refractivity contribution is 5.86. The van der Waals surface area contributed by atoms with Crippen LogP contribution in [0.15, 0.2) is 109 Å². The van der Waals surface area contributed by atoms with E-state index >= 15 is 0 Å². The first-order chi connectivity index (χ1) is 14.4. The van der Waals surface area contributed by atoms with Crippen molar-refractivity contribution in [3.8, 4) is 34.0 Å². The Morgan fingerprint density at radius 3 is 1.45 bits per heavy atom. The van der Waals surface area contributed by atoms with E-state index in [1.165, 1.54) is 0 Å². The molecule has 5 aromatic rings. The van der Waals surface area contributed by atoms with Gasteiger partial charge in [-0.1, -0.05) is 60.7 Å². The third-order valence-electron chi connectivity index (χ3n) is 4.72. The molecule has 5 rings (SSSR count). The number of benzene rings is 4. The maximum Gasteiger partial charge on any atom is 0.127 e. The second-order valence-electron chi connectivity index (χ2n) is 6.72. The second kappa shape index (κ2) is 7.56. The molecule has 0 aliphatic rings. The van der Waals surface area contributed by atoms with Crippen LogP contribution in [0.3, 0.4) is 0 Å². The molecular weight excluding hydrogens is 356 g/mol. The quantitative estimate of drug-likeness (QED) is 0.349. The molecule has 0 spiro atoms. The van der Waals surface area contributed by atoms with E-state index in [0.29, 0.717) is 0 Å². The Morgan fingerprint density at radius 2 is 0.862 bits per heavy atom. The smallest absolute Gasteiger partial charge is 0.127 e. The first kappa shape index (κ1) is 17.1. The summed E-state index contributed by atoms with van der Waals surface area (Å²) < 4.78 is 5.92. The van der Waals surface area contributed by atoms with Crippen molar-refractivity contribution >= 4 is 11.0 Å². The fourth-order valence-corrected chi connectivity index (χ4v) is 3.30. The van der Waals surface area contributed by atoms with Gasteiger partial charge in [-0.25, -0.2) is 9.97 Å². The van der Waals surface area contributed by atoms with Crippen molar-refractivity contribution in [3.05, 3.63) is 109 Å². The van der Waals surface area contributed by atoms with Gasteiger partial charge in [-0.15, -0.1) is 0 Å². The molecule has 0 unspecified atom stereocenters. The molecule has 138 valence electrons. The summed E-state index contributed by atoms with van der Waals surface area (Å²) in [6, 6.07) is 35.9. The van der Waals surface area contributed by atoms with Crippen LogP contribution < -0.4 is 4.74 Å². The van der Waals surface area contributed by atoms with Crippen LogP contribution >= 0.6 is 0 Å². The van der Waals surface area contributed by atoms with Gasteiger partial charge >= 0.3 is 0 Å². The number of nitrogens with zero attached hydrogens (tertiary/aromatic N) is 2. The Hall–Kier alpha value is -3.98. The van der Waals surface area contributed by atoms with Gasteiger partial charge in [-0.05, 0) is 48.5 Å².